The number of rotatable bonds is 21. The van der Waals surface area contributed by atoms with Gasteiger partial charge in [-0.1, -0.05) is 89.7 Å². The lowest BCUT2D eigenvalue weighted by Crippen LogP contribution is -2.53. The fourth-order valence-corrected chi connectivity index (χ4v) is 4.81. The number of aliphatic hydroxyl groups is 1. The largest absolute Gasteiger partial charge is 0.391 e. The summed E-state index contributed by atoms with van der Waals surface area (Å²) in [5.74, 6) is 0. The van der Waals surface area contributed by atoms with Crippen molar-refractivity contribution in [1.82, 2.24) is 0 Å². The number of hydrogen-bond acceptors (Lipinski definition) is 2. The molecular weight excluding hydrogens is 368 g/mol. The summed E-state index contributed by atoms with van der Waals surface area (Å²) in [6.07, 6.45) is 30.5. The quantitative estimate of drug-likeness (QED) is 0.117. The molecule has 0 bridgehead atoms. The Bertz CT molecular complexity index is 435. The van der Waals surface area contributed by atoms with Gasteiger partial charge in [-0.3, -0.25) is 4.48 Å². The van der Waals surface area contributed by atoms with Crippen LogP contribution in [0.3, 0.4) is 0 Å². The van der Waals surface area contributed by atoms with Crippen molar-refractivity contribution in [3.05, 3.63) is 12.2 Å². The van der Waals surface area contributed by atoms with Crippen LogP contribution in [-0.2, 0) is 0 Å². The van der Waals surface area contributed by atoms with Crippen LogP contribution >= 0.6 is 0 Å². The Morgan fingerprint density at radius 1 is 0.800 bits per heavy atom. The number of hydrogen-bond donors (Lipinski definition) is 1. The van der Waals surface area contributed by atoms with E-state index in [4.69, 9.17) is 4.99 Å². The highest BCUT2D eigenvalue weighted by molar-refractivity contribution is 5.60. The normalized spacial score (nSPS) is 21.2. The second kappa shape index (κ2) is 19.0. The molecule has 0 aliphatic carbocycles. The molecule has 0 fully saturated rings. The van der Waals surface area contributed by atoms with Gasteiger partial charge in [-0.2, -0.15) is 0 Å². The monoisotopic (exact) mass is 421 g/mol. The minimum atomic E-state index is 0.281. The van der Waals surface area contributed by atoms with Crippen LogP contribution in [0.25, 0.3) is 0 Å². The smallest absolute Gasteiger partial charge is 0.182 e. The zero-order valence-corrected chi connectivity index (χ0v) is 20.5. The van der Waals surface area contributed by atoms with E-state index in [2.05, 4.69) is 32.2 Å². The third kappa shape index (κ3) is 12.2. The highest BCUT2D eigenvalue weighted by Crippen LogP contribution is 2.24. The molecule has 0 spiro atoms. The highest BCUT2D eigenvalue weighted by Gasteiger charge is 2.36. The maximum atomic E-state index is 9.39. The number of nitrogens with zero attached hydrogens (tertiary/aromatic N) is 2. The van der Waals surface area contributed by atoms with Gasteiger partial charge in [0.25, 0.3) is 0 Å². The van der Waals surface area contributed by atoms with Crippen LogP contribution in [-0.4, -0.2) is 48.2 Å². The van der Waals surface area contributed by atoms with E-state index in [1.165, 1.54) is 109 Å². The molecule has 1 rings (SSSR count). The van der Waals surface area contributed by atoms with Crippen LogP contribution in [0.5, 0.6) is 0 Å². The van der Waals surface area contributed by atoms with Gasteiger partial charge in [-0.25, -0.2) is 4.99 Å². The van der Waals surface area contributed by atoms with E-state index < -0.39 is 0 Å². The van der Waals surface area contributed by atoms with Crippen LogP contribution in [0.2, 0.25) is 0 Å². The first-order valence-corrected chi connectivity index (χ1v) is 13.4. The Labute approximate surface area is 188 Å². The first-order valence-electron chi connectivity index (χ1n) is 13.4. The molecule has 0 aromatic heterocycles. The van der Waals surface area contributed by atoms with Crippen LogP contribution in [0, 0.1) is 0 Å². The fourth-order valence-electron chi connectivity index (χ4n) is 4.81. The lowest BCUT2D eigenvalue weighted by atomic mass is 10.0. The van der Waals surface area contributed by atoms with Crippen molar-refractivity contribution in [2.24, 2.45) is 4.99 Å². The predicted molar refractivity (Wildman–Crippen MR) is 133 cm³/mol. The topological polar surface area (TPSA) is 32.6 Å². The zero-order chi connectivity index (χ0) is 21.8. The van der Waals surface area contributed by atoms with Gasteiger partial charge in [0.2, 0.25) is 0 Å². The van der Waals surface area contributed by atoms with Gasteiger partial charge in [-0.05, 0) is 39.0 Å². The lowest BCUT2D eigenvalue weighted by molar-refractivity contribution is -0.936. The standard InChI is InChI=1S/C27H53N2O/c1-3-5-6-7-8-9-10-11-12-13-14-15-16-17-18-19-20-21-22-27-28-23-24-29(27,4-2)25-26-30/h10-11,23,27,30H,3-9,12-22,24-26H2,1-2H3/q+1/b11-10+. The molecule has 2 atom stereocenters. The molecule has 0 aromatic carbocycles. The molecule has 1 N–H and O–H groups in total. The van der Waals surface area contributed by atoms with Crippen LogP contribution in [0.4, 0.5) is 0 Å². The van der Waals surface area contributed by atoms with Crippen molar-refractivity contribution in [1.29, 1.82) is 0 Å². The van der Waals surface area contributed by atoms with E-state index in [0.717, 1.165) is 24.1 Å². The number of likely N-dealkylation sites (N-methyl/N-ethyl adjacent to an activating group) is 1. The van der Waals surface area contributed by atoms with Crippen LogP contribution in [0.15, 0.2) is 17.1 Å². The molecule has 1 heterocycles. The molecule has 0 saturated carbocycles. The minimum Gasteiger partial charge on any atom is -0.391 e. The third-order valence-corrected chi connectivity index (χ3v) is 7.00. The number of aliphatic hydroxyl groups excluding tert-OH is 1. The van der Waals surface area contributed by atoms with Gasteiger partial charge >= 0.3 is 0 Å². The third-order valence-electron chi connectivity index (χ3n) is 7.00. The van der Waals surface area contributed by atoms with Crippen molar-refractivity contribution >= 4 is 6.21 Å². The minimum absolute atomic E-state index is 0.281. The van der Waals surface area contributed by atoms with Crippen LogP contribution in [0.1, 0.15) is 123 Å². The molecule has 0 radical (unpaired) electrons. The van der Waals surface area contributed by atoms with Gasteiger partial charge < -0.3 is 5.11 Å². The summed E-state index contributed by atoms with van der Waals surface area (Å²) < 4.78 is 0.977. The van der Waals surface area contributed by atoms with Crippen molar-refractivity contribution in [2.45, 2.75) is 129 Å². The van der Waals surface area contributed by atoms with Crippen molar-refractivity contribution < 1.29 is 9.59 Å². The molecule has 1 aliphatic heterocycles. The summed E-state index contributed by atoms with van der Waals surface area (Å²) in [5.41, 5.74) is 0. The molecule has 3 heteroatoms. The van der Waals surface area contributed by atoms with Crippen molar-refractivity contribution in [3.63, 3.8) is 0 Å². The maximum Gasteiger partial charge on any atom is 0.182 e. The highest BCUT2D eigenvalue weighted by atomic mass is 16.3. The molecule has 176 valence electrons. The Balaban J connectivity index is 1.85. The molecule has 3 nitrogen and oxygen atoms in total. The second-order valence-corrected chi connectivity index (χ2v) is 9.41. The lowest BCUT2D eigenvalue weighted by Gasteiger charge is -2.37. The zero-order valence-electron chi connectivity index (χ0n) is 20.5. The number of quaternary nitrogens is 1. The molecule has 0 saturated heterocycles. The predicted octanol–water partition coefficient (Wildman–Crippen LogP) is 7.43. The van der Waals surface area contributed by atoms with Gasteiger partial charge in [0, 0.05) is 6.42 Å². The molecule has 0 aromatic rings. The first kappa shape index (κ1) is 27.4. The summed E-state index contributed by atoms with van der Waals surface area (Å²) in [6.45, 7) is 7.75. The molecule has 0 amide bonds. The average Bonchev–Trinajstić information content (AvgIpc) is 3.16. The summed E-state index contributed by atoms with van der Waals surface area (Å²) in [4.78, 5) is 4.72. The second-order valence-electron chi connectivity index (χ2n) is 9.41. The molecule has 30 heavy (non-hydrogen) atoms. The number of allylic oxidation sites excluding steroid dienone is 2. The van der Waals surface area contributed by atoms with Gasteiger partial charge in [0.1, 0.15) is 13.1 Å². The van der Waals surface area contributed by atoms with Crippen LogP contribution < -0.4 is 0 Å². The summed E-state index contributed by atoms with van der Waals surface area (Å²) >= 11 is 0. The Morgan fingerprint density at radius 3 is 1.87 bits per heavy atom. The average molecular weight is 422 g/mol. The SMILES string of the molecule is CCCCCCC/C=C/CCCCCCCCCCCC1N=CC[N+]1(CC)CCO. The van der Waals surface area contributed by atoms with E-state index in [-0.39, 0.29) is 6.61 Å². The van der Waals surface area contributed by atoms with E-state index in [1.807, 2.05) is 0 Å². The van der Waals surface area contributed by atoms with Gasteiger partial charge in [0.05, 0.1) is 19.4 Å². The Hall–Kier alpha value is -0.670. The number of aliphatic imine (C=N–C) groups is 1. The van der Waals surface area contributed by atoms with E-state index in [0.29, 0.717) is 6.17 Å². The van der Waals surface area contributed by atoms with Crippen molar-refractivity contribution in [3.8, 4) is 0 Å². The summed E-state index contributed by atoms with van der Waals surface area (Å²) in [6, 6.07) is 0. The fraction of sp³-hybridized carbons (Fsp3) is 0.889. The molecular formula is C27H53N2O+. The Kier molecular flexibility index (Phi) is 17.4. The molecule has 1 aliphatic rings. The van der Waals surface area contributed by atoms with Gasteiger partial charge in [0.15, 0.2) is 6.17 Å². The van der Waals surface area contributed by atoms with E-state index in [9.17, 15) is 5.11 Å². The van der Waals surface area contributed by atoms with E-state index in [1.54, 1.807) is 0 Å². The maximum absolute atomic E-state index is 9.39. The molecule has 2 unspecified atom stereocenters. The van der Waals surface area contributed by atoms with E-state index >= 15 is 0 Å². The Morgan fingerprint density at radius 2 is 1.33 bits per heavy atom. The number of unbranched alkanes of at least 4 members (excludes halogenated alkanes) is 14. The van der Waals surface area contributed by atoms with Crippen molar-refractivity contribution in [2.75, 3.05) is 26.2 Å². The summed E-state index contributed by atoms with van der Waals surface area (Å²) in [7, 11) is 0. The first-order chi connectivity index (χ1) is 14.8. The summed E-state index contributed by atoms with van der Waals surface area (Å²) in [5, 5.41) is 9.39. The van der Waals surface area contributed by atoms with Gasteiger partial charge in [-0.15, -0.1) is 0 Å².